The molecule has 2 aromatic carbocycles. The van der Waals surface area contributed by atoms with E-state index in [9.17, 15) is 9.59 Å². The summed E-state index contributed by atoms with van der Waals surface area (Å²) in [6.07, 6.45) is 0.531. The van der Waals surface area contributed by atoms with Crippen molar-refractivity contribution in [2.75, 3.05) is 5.32 Å². The summed E-state index contributed by atoms with van der Waals surface area (Å²) >= 11 is 0. The van der Waals surface area contributed by atoms with Gasteiger partial charge in [-0.25, -0.2) is 0 Å². The second kappa shape index (κ2) is 7.39. The molecule has 0 aliphatic rings. The lowest BCUT2D eigenvalue weighted by Gasteiger charge is -2.22. The van der Waals surface area contributed by atoms with Crippen LogP contribution in [0.5, 0.6) is 0 Å². The molecule has 1 N–H and O–H groups in total. The van der Waals surface area contributed by atoms with Gasteiger partial charge < -0.3 is 5.32 Å². The van der Waals surface area contributed by atoms with Gasteiger partial charge in [-0.3, -0.25) is 14.2 Å². The molecule has 0 saturated carbocycles. The number of hydrogen-bond acceptors (Lipinski definition) is 2. The van der Waals surface area contributed by atoms with E-state index < -0.39 is 6.04 Å². The lowest BCUT2D eigenvalue weighted by atomic mass is 10.0. The number of rotatable bonds is 4. The van der Waals surface area contributed by atoms with Crippen LogP contribution in [0.1, 0.15) is 41.6 Å². The normalized spacial score (nSPS) is 12.2. The average Bonchev–Trinajstić information content (AvgIpc) is 2.58. The zero-order chi connectivity index (χ0) is 19.7. The fourth-order valence-corrected chi connectivity index (χ4v) is 3.77. The molecule has 0 aliphatic carbocycles. The van der Waals surface area contributed by atoms with Crippen LogP contribution in [0.25, 0.3) is 10.9 Å². The summed E-state index contributed by atoms with van der Waals surface area (Å²) in [7, 11) is 0. The molecule has 140 valence electrons. The molecule has 0 spiro atoms. The predicted molar refractivity (Wildman–Crippen MR) is 112 cm³/mol. The van der Waals surface area contributed by atoms with Gasteiger partial charge in [0.25, 0.3) is 5.56 Å². The maximum Gasteiger partial charge on any atom is 0.252 e. The fourth-order valence-electron chi connectivity index (χ4n) is 3.77. The Morgan fingerprint density at radius 2 is 1.74 bits per heavy atom. The van der Waals surface area contributed by atoms with E-state index in [1.54, 1.807) is 10.6 Å². The number of hydrogen-bond donors (Lipinski definition) is 1. The quantitative estimate of drug-likeness (QED) is 0.723. The Kier molecular flexibility index (Phi) is 5.17. The highest BCUT2D eigenvalue weighted by Crippen LogP contribution is 2.26. The van der Waals surface area contributed by atoms with E-state index in [0.717, 1.165) is 38.8 Å². The molecule has 4 nitrogen and oxygen atoms in total. The van der Waals surface area contributed by atoms with Crippen LogP contribution in [0.15, 0.2) is 47.3 Å². The first-order valence-corrected chi connectivity index (χ1v) is 9.32. The van der Waals surface area contributed by atoms with Crippen molar-refractivity contribution in [2.45, 2.75) is 47.1 Å². The monoisotopic (exact) mass is 362 g/mol. The third kappa shape index (κ3) is 3.65. The van der Waals surface area contributed by atoms with Gasteiger partial charge in [0.1, 0.15) is 6.04 Å². The highest BCUT2D eigenvalue weighted by atomic mass is 16.2. The zero-order valence-electron chi connectivity index (χ0n) is 16.6. The molecule has 0 saturated heterocycles. The van der Waals surface area contributed by atoms with E-state index in [2.05, 4.69) is 17.4 Å². The van der Waals surface area contributed by atoms with Gasteiger partial charge >= 0.3 is 0 Å². The Bertz CT molecular complexity index is 1080. The van der Waals surface area contributed by atoms with Crippen LogP contribution >= 0.6 is 0 Å². The molecule has 0 radical (unpaired) electrons. The third-order valence-corrected chi connectivity index (χ3v) is 4.97. The molecule has 0 aliphatic heterocycles. The molecule has 3 aromatic rings. The number of anilines is 1. The largest absolute Gasteiger partial charge is 0.324 e. The Hall–Kier alpha value is -2.88. The first-order valence-electron chi connectivity index (χ1n) is 9.32. The molecule has 0 bridgehead atoms. The number of pyridine rings is 1. The number of aryl methyl sites for hydroxylation is 4. The van der Waals surface area contributed by atoms with Gasteiger partial charge in [-0.15, -0.1) is 0 Å². The predicted octanol–water partition coefficient (Wildman–Crippen LogP) is 4.82. The first kappa shape index (κ1) is 18.9. The van der Waals surface area contributed by atoms with Crippen LogP contribution in [0.2, 0.25) is 0 Å². The Morgan fingerprint density at radius 1 is 1.00 bits per heavy atom. The molecule has 1 aromatic heterocycles. The number of aromatic nitrogens is 1. The van der Waals surface area contributed by atoms with E-state index in [-0.39, 0.29) is 11.5 Å². The third-order valence-electron chi connectivity index (χ3n) is 4.97. The van der Waals surface area contributed by atoms with E-state index in [1.807, 2.05) is 58.9 Å². The maximum absolute atomic E-state index is 13.0. The van der Waals surface area contributed by atoms with Gasteiger partial charge in [0.15, 0.2) is 0 Å². The zero-order valence-corrected chi connectivity index (χ0v) is 16.6. The Balaban J connectivity index is 2.14. The van der Waals surface area contributed by atoms with Crippen molar-refractivity contribution < 1.29 is 4.79 Å². The molecule has 1 heterocycles. The molecule has 3 rings (SSSR count). The van der Waals surface area contributed by atoms with Crippen molar-refractivity contribution in [1.82, 2.24) is 4.57 Å². The lowest BCUT2D eigenvalue weighted by molar-refractivity contribution is -0.119. The molecule has 27 heavy (non-hydrogen) atoms. The van der Waals surface area contributed by atoms with Gasteiger partial charge in [0.2, 0.25) is 5.91 Å². The number of nitrogens with zero attached hydrogens (tertiary/aromatic N) is 1. The van der Waals surface area contributed by atoms with Crippen molar-refractivity contribution in [3.05, 3.63) is 75.1 Å². The summed E-state index contributed by atoms with van der Waals surface area (Å²) in [5, 5.41) is 3.99. The molecule has 1 atom stereocenters. The van der Waals surface area contributed by atoms with Crippen LogP contribution < -0.4 is 10.9 Å². The van der Waals surface area contributed by atoms with E-state index >= 15 is 0 Å². The van der Waals surface area contributed by atoms with Gasteiger partial charge in [0, 0.05) is 17.1 Å². The summed E-state index contributed by atoms with van der Waals surface area (Å²) in [6.45, 7) is 9.90. The summed E-state index contributed by atoms with van der Waals surface area (Å²) in [5.41, 5.74) is 5.61. The minimum atomic E-state index is -0.567. The summed E-state index contributed by atoms with van der Waals surface area (Å²) in [4.78, 5) is 25.9. The second-order valence-corrected chi connectivity index (χ2v) is 7.30. The molecule has 0 fully saturated rings. The minimum Gasteiger partial charge on any atom is -0.324 e. The summed E-state index contributed by atoms with van der Waals surface area (Å²) in [6, 6.07) is 12.9. The van der Waals surface area contributed by atoms with Crippen molar-refractivity contribution in [3.63, 3.8) is 0 Å². The SMILES string of the molecule is CCC(C(=O)Nc1cccc(C)c1)n1c(=O)cc(C)c2cc(C)cc(C)c21. The molecular formula is C23H26N2O2. The molecule has 4 heteroatoms. The van der Waals surface area contributed by atoms with Crippen LogP contribution in [-0.4, -0.2) is 10.5 Å². The summed E-state index contributed by atoms with van der Waals surface area (Å²) in [5.74, 6) is -0.171. The highest BCUT2D eigenvalue weighted by molar-refractivity contribution is 5.95. The number of benzene rings is 2. The van der Waals surface area contributed by atoms with Crippen molar-refractivity contribution in [1.29, 1.82) is 0 Å². The fraction of sp³-hybridized carbons (Fsp3) is 0.304. The van der Waals surface area contributed by atoms with Crippen molar-refractivity contribution >= 4 is 22.5 Å². The number of nitrogens with one attached hydrogen (secondary N) is 1. The van der Waals surface area contributed by atoms with Crippen LogP contribution in [-0.2, 0) is 4.79 Å². The van der Waals surface area contributed by atoms with Gasteiger partial charge in [-0.2, -0.15) is 0 Å². The molecular weight excluding hydrogens is 336 g/mol. The molecule has 1 unspecified atom stereocenters. The topological polar surface area (TPSA) is 51.1 Å². The van der Waals surface area contributed by atoms with Crippen LogP contribution in [0, 0.1) is 27.7 Å². The van der Waals surface area contributed by atoms with E-state index in [0.29, 0.717) is 6.42 Å². The van der Waals surface area contributed by atoms with Gasteiger partial charge in [0.05, 0.1) is 5.52 Å². The highest BCUT2D eigenvalue weighted by Gasteiger charge is 2.23. The van der Waals surface area contributed by atoms with Crippen LogP contribution in [0.4, 0.5) is 5.69 Å². The second-order valence-electron chi connectivity index (χ2n) is 7.30. The molecule has 1 amide bonds. The van der Waals surface area contributed by atoms with Gasteiger partial charge in [-0.1, -0.05) is 30.7 Å². The smallest absolute Gasteiger partial charge is 0.252 e. The van der Waals surface area contributed by atoms with Gasteiger partial charge in [-0.05, 0) is 69.0 Å². The number of carbonyl (C=O) groups is 1. The lowest BCUT2D eigenvalue weighted by Crippen LogP contribution is -2.33. The number of fused-ring (bicyclic) bond motifs is 1. The van der Waals surface area contributed by atoms with E-state index in [4.69, 9.17) is 0 Å². The minimum absolute atomic E-state index is 0.141. The average molecular weight is 362 g/mol. The maximum atomic E-state index is 13.0. The number of amides is 1. The van der Waals surface area contributed by atoms with Crippen molar-refractivity contribution in [3.8, 4) is 0 Å². The van der Waals surface area contributed by atoms with Crippen molar-refractivity contribution in [2.24, 2.45) is 0 Å². The Morgan fingerprint density at radius 3 is 2.41 bits per heavy atom. The summed E-state index contributed by atoms with van der Waals surface area (Å²) < 4.78 is 1.65. The van der Waals surface area contributed by atoms with Crippen LogP contribution in [0.3, 0.4) is 0 Å². The first-order chi connectivity index (χ1) is 12.8. The van der Waals surface area contributed by atoms with E-state index in [1.165, 1.54) is 0 Å². The Labute approximate surface area is 159 Å². The standard InChI is InChI=1S/C23H26N2O2/c1-6-20(23(27)24-18-9-7-8-14(2)11-18)25-21(26)13-16(4)19-12-15(3)10-17(5)22(19)25/h7-13,20H,6H2,1-5H3,(H,24,27). The number of carbonyl (C=O) groups excluding carboxylic acids is 1.